The molecule has 0 spiro atoms. The maximum Gasteiger partial charge on any atom is 0.127 e. The van der Waals surface area contributed by atoms with Crippen LogP contribution in [-0.2, 0) is 0 Å². The van der Waals surface area contributed by atoms with Crippen molar-refractivity contribution in [2.75, 3.05) is 13.7 Å². The van der Waals surface area contributed by atoms with Gasteiger partial charge in [0, 0.05) is 12.5 Å². The molecule has 0 saturated carbocycles. The predicted octanol–water partition coefficient (Wildman–Crippen LogP) is 1.48. The zero-order chi connectivity index (χ0) is 9.26. The Morgan fingerprint density at radius 1 is 1.54 bits per heavy atom. The smallest absolute Gasteiger partial charge is 0.127 e. The van der Waals surface area contributed by atoms with Crippen LogP contribution in [0.3, 0.4) is 0 Å². The van der Waals surface area contributed by atoms with Crippen LogP contribution in [0, 0.1) is 0 Å². The van der Waals surface area contributed by atoms with E-state index in [1.807, 2.05) is 18.2 Å². The molecule has 1 aromatic carbocycles. The molecule has 0 aromatic heterocycles. The molecule has 3 nitrogen and oxygen atoms in total. The molecule has 0 fully saturated rings. The Bertz CT molecular complexity index is 298. The fourth-order valence-corrected chi connectivity index (χ4v) is 1.63. The number of fused-ring (bicyclic) bond motifs is 1. The molecule has 0 aliphatic carbocycles. The minimum Gasteiger partial charge on any atom is -0.496 e. The molecule has 0 bridgehead atoms. The van der Waals surface area contributed by atoms with Gasteiger partial charge in [-0.05, 0) is 12.1 Å². The lowest BCUT2D eigenvalue weighted by molar-refractivity contribution is 0.262. The Balaban J connectivity index is 2.50. The molecule has 2 rings (SSSR count). The van der Waals surface area contributed by atoms with Crippen LogP contribution < -0.4 is 15.2 Å². The van der Waals surface area contributed by atoms with Crippen LogP contribution >= 0.6 is 0 Å². The van der Waals surface area contributed by atoms with Gasteiger partial charge in [0.15, 0.2) is 0 Å². The Hall–Kier alpha value is -1.22. The minimum atomic E-state index is 0.0416. The average Bonchev–Trinajstić information content (AvgIpc) is 2.17. The van der Waals surface area contributed by atoms with Crippen molar-refractivity contribution in [3.63, 3.8) is 0 Å². The summed E-state index contributed by atoms with van der Waals surface area (Å²) in [6.07, 6.45) is 0.855. The van der Waals surface area contributed by atoms with E-state index < -0.39 is 0 Å². The van der Waals surface area contributed by atoms with Crippen molar-refractivity contribution in [3.8, 4) is 11.5 Å². The molecule has 70 valence electrons. The van der Waals surface area contributed by atoms with Crippen LogP contribution in [0.4, 0.5) is 0 Å². The fourth-order valence-electron chi connectivity index (χ4n) is 1.63. The molecule has 0 unspecified atom stereocenters. The van der Waals surface area contributed by atoms with E-state index in [1.54, 1.807) is 7.11 Å². The first-order chi connectivity index (χ1) is 6.33. The Morgan fingerprint density at radius 3 is 3.15 bits per heavy atom. The van der Waals surface area contributed by atoms with Gasteiger partial charge in [-0.2, -0.15) is 0 Å². The first-order valence-electron chi connectivity index (χ1n) is 4.38. The lowest BCUT2D eigenvalue weighted by Gasteiger charge is -2.24. The van der Waals surface area contributed by atoms with Crippen molar-refractivity contribution in [2.45, 2.75) is 12.5 Å². The minimum absolute atomic E-state index is 0.0416. The second-order valence-corrected chi connectivity index (χ2v) is 3.12. The quantitative estimate of drug-likeness (QED) is 0.710. The van der Waals surface area contributed by atoms with Gasteiger partial charge in [0.1, 0.15) is 11.5 Å². The molecule has 0 saturated heterocycles. The predicted molar refractivity (Wildman–Crippen MR) is 50.0 cm³/mol. The molecule has 0 amide bonds. The van der Waals surface area contributed by atoms with E-state index in [4.69, 9.17) is 15.2 Å². The summed E-state index contributed by atoms with van der Waals surface area (Å²) in [5.41, 5.74) is 6.96. The standard InChI is InChI=1S/C10H13NO2/c1-12-8-3-2-4-9-10(8)7(11)5-6-13-9/h2-4,7H,5-6,11H2,1H3/t7-/m1/s1. The van der Waals surface area contributed by atoms with Crippen LogP contribution in [0.25, 0.3) is 0 Å². The van der Waals surface area contributed by atoms with Gasteiger partial charge in [-0.3, -0.25) is 0 Å². The van der Waals surface area contributed by atoms with Crippen molar-refractivity contribution >= 4 is 0 Å². The summed E-state index contributed by atoms with van der Waals surface area (Å²) in [6, 6.07) is 5.79. The molecular formula is C10H13NO2. The topological polar surface area (TPSA) is 44.5 Å². The molecular weight excluding hydrogens is 166 g/mol. The molecule has 1 heterocycles. The number of ether oxygens (including phenoxy) is 2. The monoisotopic (exact) mass is 179 g/mol. The third kappa shape index (κ3) is 1.35. The second kappa shape index (κ2) is 3.26. The van der Waals surface area contributed by atoms with Crippen molar-refractivity contribution in [3.05, 3.63) is 23.8 Å². The molecule has 0 radical (unpaired) electrons. The largest absolute Gasteiger partial charge is 0.496 e. The summed E-state index contributed by atoms with van der Waals surface area (Å²) >= 11 is 0. The highest BCUT2D eigenvalue weighted by Gasteiger charge is 2.21. The van der Waals surface area contributed by atoms with Crippen LogP contribution in [0.2, 0.25) is 0 Å². The van der Waals surface area contributed by atoms with E-state index in [0.717, 1.165) is 23.5 Å². The molecule has 2 N–H and O–H groups in total. The number of rotatable bonds is 1. The van der Waals surface area contributed by atoms with Gasteiger partial charge >= 0.3 is 0 Å². The van der Waals surface area contributed by atoms with Gasteiger partial charge in [-0.15, -0.1) is 0 Å². The van der Waals surface area contributed by atoms with E-state index in [9.17, 15) is 0 Å². The Kier molecular flexibility index (Phi) is 2.10. The van der Waals surface area contributed by atoms with Crippen molar-refractivity contribution in [2.24, 2.45) is 5.73 Å². The number of nitrogens with two attached hydrogens (primary N) is 1. The van der Waals surface area contributed by atoms with Crippen LogP contribution in [0.1, 0.15) is 18.0 Å². The Morgan fingerprint density at radius 2 is 2.38 bits per heavy atom. The van der Waals surface area contributed by atoms with E-state index in [0.29, 0.717) is 6.61 Å². The van der Waals surface area contributed by atoms with Crippen LogP contribution in [-0.4, -0.2) is 13.7 Å². The van der Waals surface area contributed by atoms with Crippen LogP contribution in [0.15, 0.2) is 18.2 Å². The molecule has 1 aliphatic heterocycles. The SMILES string of the molecule is COc1cccc2c1[C@H](N)CCO2. The maximum atomic E-state index is 5.96. The average molecular weight is 179 g/mol. The molecule has 1 atom stereocenters. The summed E-state index contributed by atoms with van der Waals surface area (Å²) < 4.78 is 10.7. The molecule has 13 heavy (non-hydrogen) atoms. The number of hydrogen-bond acceptors (Lipinski definition) is 3. The first kappa shape index (κ1) is 8.38. The Labute approximate surface area is 77.5 Å². The molecule has 3 heteroatoms. The van der Waals surface area contributed by atoms with Crippen molar-refractivity contribution in [1.29, 1.82) is 0 Å². The van der Waals surface area contributed by atoms with E-state index in [1.165, 1.54) is 0 Å². The van der Waals surface area contributed by atoms with E-state index in [-0.39, 0.29) is 6.04 Å². The number of benzene rings is 1. The summed E-state index contributed by atoms with van der Waals surface area (Å²) in [5, 5.41) is 0. The summed E-state index contributed by atoms with van der Waals surface area (Å²) in [5.74, 6) is 1.68. The highest BCUT2D eigenvalue weighted by atomic mass is 16.5. The van der Waals surface area contributed by atoms with Crippen molar-refractivity contribution in [1.82, 2.24) is 0 Å². The zero-order valence-electron chi connectivity index (χ0n) is 7.62. The van der Waals surface area contributed by atoms with Gasteiger partial charge in [-0.1, -0.05) is 6.07 Å². The van der Waals surface area contributed by atoms with Crippen LogP contribution in [0.5, 0.6) is 11.5 Å². The van der Waals surface area contributed by atoms with Gasteiger partial charge in [0.2, 0.25) is 0 Å². The van der Waals surface area contributed by atoms with Gasteiger partial charge in [-0.25, -0.2) is 0 Å². The lowest BCUT2D eigenvalue weighted by Crippen LogP contribution is -2.21. The van der Waals surface area contributed by atoms with E-state index in [2.05, 4.69) is 0 Å². The highest BCUT2D eigenvalue weighted by Crippen LogP contribution is 2.37. The fraction of sp³-hybridized carbons (Fsp3) is 0.400. The summed E-state index contributed by atoms with van der Waals surface area (Å²) in [4.78, 5) is 0. The van der Waals surface area contributed by atoms with Gasteiger partial charge in [0.05, 0.1) is 19.3 Å². The molecule has 1 aromatic rings. The number of hydrogen-bond donors (Lipinski definition) is 1. The second-order valence-electron chi connectivity index (χ2n) is 3.12. The van der Waals surface area contributed by atoms with E-state index >= 15 is 0 Å². The highest BCUT2D eigenvalue weighted by molar-refractivity contribution is 5.47. The van der Waals surface area contributed by atoms with Gasteiger partial charge < -0.3 is 15.2 Å². The van der Waals surface area contributed by atoms with Crippen molar-refractivity contribution < 1.29 is 9.47 Å². The number of methoxy groups -OCH3 is 1. The zero-order valence-corrected chi connectivity index (χ0v) is 7.62. The summed E-state index contributed by atoms with van der Waals surface area (Å²) in [7, 11) is 1.65. The normalized spacial score (nSPS) is 20.3. The molecule has 1 aliphatic rings. The summed E-state index contributed by atoms with van der Waals surface area (Å²) in [6.45, 7) is 0.696. The first-order valence-corrected chi connectivity index (χ1v) is 4.38. The van der Waals surface area contributed by atoms with Gasteiger partial charge in [0.25, 0.3) is 0 Å². The maximum absolute atomic E-state index is 5.96. The third-order valence-electron chi connectivity index (χ3n) is 2.30. The third-order valence-corrected chi connectivity index (χ3v) is 2.30. The lowest BCUT2D eigenvalue weighted by atomic mass is 10.0.